The molecule has 2 aromatic rings. The zero-order valence-electron chi connectivity index (χ0n) is 18.1. The monoisotopic (exact) mass is 428 g/mol. The minimum absolute atomic E-state index is 0.0767. The lowest BCUT2D eigenvalue weighted by Crippen LogP contribution is -2.54. The van der Waals surface area contributed by atoms with Crippen molar-refractivity contribution in [1.29, 1.82) is 0 Å². The number of amides is 1. The van der Waals surface area contributed by atoms with E-state index in [0.29, 0.717) is 38.4 Å². The lowest BCUT2D eigenvalue weighted by atomic mass is 9.71. The molecule has 0 saturated carbocycles. The van der Waals surface area contributed by atoms with Gasteiger partial charge in [-0.3, -0.25) is 14.5 Å². The van der Waals surface area contributed by atoms with Gasteiger partial charge >= 0.3 is 0 Å². The van der Waals surface area contributed by atoms with E-state index >= 15 is 0 Å². The molecular formula is C24H29FN2O4. The van der Waals surface area contributed by atoms with E-state index in [9.17, 15) is 19.1 Å². The maximum atomic E-state index is 13.7. The Morgan fingerprint density at radius 2 is 1.97 bits per heavy atom. The standard InChI is InChI=1S/C24H29FN2O4/c1-16-3-4-19(25)10-18(16)13-26-14-21(29)12-24(15-26)5-7-27(8-6-24)23(30)22-11-20(28)9-17(2)31-22/h3-4,9-11,21,29H,5-8,12-15H2,1-2H3. The number of carbonyl (C=O) groups excluding carboxylic acids is 1. The number of rotatable bonds is 3. The summed E-state index contributed by atoms with van der Waals surface area (Å²) < 4.78 is 19.2. The van der Waals surface area contributed by atoms with Crippen LogP contribution < -0.4 is 5.43 Å². The molecule has 0 aliphatic carbocycles. The fourth-order valence-corrected chi connectivity index (χ4v) is 5.05. The quantitative estimate of drug-likeness (QED) is 0.814. The van der Waals surface area contributed by atoms with Gasteiger partial charge in [0.05, 0.1) is 6.10 Å². The summed E-state index contributed by atoms with van der Waals surface area (Å²) in [6, 6.07) is 7.43. The number of likely N-dealkylation sites (tertiary alicyclic amines) is 2. The summed E-state index contributed by atoms with van der Waals surface area (Å²) in [6.45, 7) is 6.70. The average molecular weight is 429 g/mol. The van der Waals surface area contributed by atoms with Crippen molar-refractivity contribution in [1.82, 2.24) is 9.80 Å². The first-order chi connectivity index (χ1) is 14.7. The van der Waals surface area contributed by atoms with Crippen LogP contribution in [0.5, 0.6) is 0 Å². The number of carbonyl (C=O) groups is 1. The van der Waals surface area contributed by atoms with E-state index in [4.69, 9.17) is 4.42 Å². The number of benzene rings is 1. The molecule has 1 aromatic carbocycles. The molecule has 4 rings (SSSR count). The topological polar surface area (TPSA) is 74.0 Å². The fraction of sp³-hybridized carbons (Fsp3) is 0.500. The van der Waals surface area contributed by atoms with Gasteiger partial charge in [0.25, 0.3) is 5.91 Å². The second-order valence-electron chi connectivity index (χ2n) is 9.16. The molecule has 2 aliphatic heterocycles. The van der Waals surface area contributed by atoms with Crippen molar-refractivity contribution in [2.45, 2.75) is 45.8 Å². The Balaban J connectivity index is 1.43. The zero-order valence-corrected chi connectivity index (χ0v) is 18.1. The van der Waals surface area contributed by atoms with Crippen molar-refractivity contribution in [3.63, 3.8) is 0 Å². The lowest BCUT2D eigenvalue weighted by Gasteiger charge is -2.49. The van der Waals surface area contributed by atoms with E-state index in [1.54, 1.807) is 24.0 Å². The summed E-state index contributed by atoms with van der Waals surface area (Å²) >= 11 is 0. The second kappa shape index (κ2) is 8.55. The molecule has 1 N–H and O–H groups in total. The Morgan fingerprint density at radius 1 is 1.23 bits per heavy atom. The maximum Gasteiger partial charge on any atom is 0.289 e. The molecule has 7 heteroatoms. The molecule has 2 aliphatic rings. The second-order valence-corrected chi connectivity index (χ2v) is 9.16. The molecule has 0 radical (unpaired) electrons. The molecule has 1 spiro atoms. The molecule has 1 amide bonds. The number of aliphatic hydroxyl groups excluding tert-OH is 1. The first-order valence-electron chi connectivity index (χ1n) is 10.8. The third kappa shape index (κ3) is 4.88. The Hall–Kier alpha value is -2.51. The van der Waals surface area contributed by atoms with E-state index in [-0.39, 0.29) is 28.3 Å². The number of piperidine rings is 2. The van der Waals surface area contributed by atoms with E-state index in [1.165, 1.54) is 18.2 Å². The summed E-state index contributed by atoms with van der Waals surface area (Å²) in [7, 11) is 0. The molecule has 3 heterocycles. The van der Waals surface area contributed by atoms with Crippen LogP contribution in [0.2, 0.25) is 0 Å². The van der Waals surface area contributed by atoms with E-state index in [1.807, 2.05) is 6.92 Å². The van der Waals surface area contributed by atoms with Gasteiger partial charge in [0.1, 0.15) is 11.6 Å². The highest BCUT2D eigenvalue weighted by molar-refractivity contribution is 5.91. The highest BCUT2D eigenvalue weighted by atomic mass is 19.1. The van der Waals surface area contributed by atoms with Gasteiger partial charge in [-0.05, 0) is 61.8 Å². The Labute approximate surface area is 181 Å². The highest BCUT2D eigenvalue weighted by Gasteiger charge is 2.42. The third-order valence-corrected chi connectivity index (χ3v) is 6.61. The van der Waals surface area contributed by atoms with Crippen LogP contribution in [0.25, 0.3) is 0 Å². The number of hydrogen-bond acceptors (Lipinski definition) is 5. The SMILES string of the molecule is Cc1cc(=O)cc(C(=O)N2CCC3(CC2)CC(O)CN(Cc2cc(F)ccc2C)C3)o1. The van der Waals surface area contributed by atoms with Gasteiger partial charge < -0.3 is 14.4 Å². The fourth-order valence-electron chi connectivity index (χ4n) is 5.05. The molecule has 6 nitrogen and oxygen atoms in total. The minimum atomic E-state index is -0.445. The van der Waals surface area contributed by atoms with Gasteiger partial charge in [-0.1, -0.05) is 6.07 Å². The molecule has 2 fully saturated rings. The first-order valence-corrected chi connectivity index (χ1v) is 10.8. The molecule has 1 aromatic heterocycles. The first kappa shape index (κ1) is 21.7. The summed E-state index contributed by atoms with van der Waals surface area (Å²) in [4.78, 5) is 28.5. The van der Waals surface area contributed by atoms with E-state index in [2.05, 4.69) is 4.90 Å². The third-order valence-electron chi connectivity index (χ3n) is 6.61. The summed E-state index contributed by atoms with van der Waals surface area (Å²) in [6.07, 6.45) is 1.79. The predicted molar refractivity (Wildman–Crippen MR) is 114 cm³/mol. The number of aryl methyl sites for hydroxylation is 2. The molecular weight excluding hydrogens is 399 g/mol. The molecule has 1 unspecified atom stereocenters. The molecule has 1 atom stereocenters. The number of halogens is 1. The van der Waals surface area contributed by atoms with Crippen LogP contribution in [-0.2, 0) is 6.54 Å². The number of aliphatic hydroxyl groups is 1. The number of nitrogens with zero attached hydrogens (tertiary/aromatic N) is 2. The van der Waals surface area contributed by atoms with Crippen LogP contribution in [0.4, 0.5) is 4.39 Å². The van der Waals surface area contributed by atoms with Crippen molar-refractivity contribution in [2.75, 3.05) is 26.2 Å². The summed E-state index contributed by atoms with van der Waals surface area (Å²) in [5, 5.41) is 10.6. The van der Waals surface area contributed by atoms with Crippen molar-refractivity contribution in [3.8, 4) is 0 Å². The zero-order chi connectivity index (χ0) is 22.2. The molecule has 166 valence electrons. The van der Waals surface area contributed by atoms with Crippen molar-refractivity contribution in [3.05, 3.63) is 69.0 Å². The number of hydrogen-bond donors (Lipinski definition) is 1. The summed E-state index contributed by atoms with van der Waals surface area (Å²) in [5.41, 5.74) is 1.66. The smallest absolute Gasteiger partial charge is 0.289 e. The predicted octanol–water partition coefficient (Wildman–Crippen LogP) is 2.88. The maximum absolute atomic E-state index is 13.7. The van der Waals surface area contributed by atoms with Gasteiger partial charge in [-0.15, -0.1) is 0 Å². The molecule has 31 heavy (non-hydrogen) atoms. The highest BCUT2D eigenvalue weighted by Crippen LogP contribution is 2.40. The van der Waals surface area contributed by atoms with Gasteiger partial charge in [0.2, 0.25) is 0 Å². The van der Waals surface area contributed by atoms with E-state index in [0.717, 1.165) is 30.5 Å². The van der Waals surface area contributed by atoms with Gasteiger partial charge in [0.15, 0.2) is 11.2 Å². The van der Waals surface area contributed by atoms with Gasteiger partial charge in [-0.25, -0.2) is 4.39 Å². The van der Waals surface area contributed by atoms with Crippen LogP contribution in [0.3, 0.4) is 0 Å². The largest absolute Gasteiger partial charge is 0.456 e. The van der Waals surface area contributed by atoms with Crippen molar-refractivity contribution >= 4 is 5.91 Å². The van der Waals surface area contributed by atoms with E-state index < -0.39 is 6.10 Å². The van der Waals surface area contributed by atoms with Crippen LogP contribution in [0.1, 0.15) is 46.7 Å². The van der Waals surface area contributed by atoms with Gasteiger partial charge in [0, 0.05) is 44.9 Å². The Morgan fingerprint density at radius 3 is 2.68 bits per heavy atom. The van der Waals surface area contributed by atoms with Crippen LogP contribution in [0, 0.1) is 25.1 Å². The van der Waals surface area contributed by atoms with Crippen molar-refractivity contribution in [2.24, 2.45) is 5.41 Å². The molecule has 2 saturated heterocycles. The Kier molecular flexibility index (Phi) is 5.99. The van der Waals surface area contributed by atoms with Crippen LogP contribution in [0.15, 0.2) is 39.5 Å². The van der Waals surface area contributed by atoms with Crippen LogP contribution in [-0.4, -0.2) is 53.1 Å². The van der Waals surface area contributed by atoms with Crippen LogP contribution >= 0.6 is 0 Å². The molecule has 0 bridgehead atoms. The summed E-state index contributed by atoms with van der Waals surface area (Å²) in [5.74, 6) is -0.0161. The Bertz CT molecular complexity index is 1030. The van der Waals surface area contributed by atoms with Gasteiger partial charge in [-0.2, -0.15) is 0 Å². The average Bonchev–Trinajstić information content (AvgIpc) is 2.69. The normalized spacial score (nSPS) is 21.4. The lowest BCUT2D eigenvalue weighted by molar-refractivity contribution is -0.0407. The number of β-amino-alcohol motifs (C(OH)–C–C–N with tert-alkyl or cyclic N) is 1. The minimum Gasteiger partial charge on any atom is -0.456 e. The van der Waals surface area contributed by atoms with Crippen molar-refractivity contribution < 1.29 is 18.7 Å².